The Balaban J connectivity index is 1.69. The number of hydrogen-bond donors (Lipinski definition) is 2. The van der Waals surface area contributed by atoms with E-state index in [1.54, 1.807) is 6.07 Å². The molecule has 2 aromatic carbocycles. The van der Waals surface area contributed by atoms with Crippen LogP contribution in [0.3, 0.4) is 0 Å². The van der Waals surface area contributed by atoms with Crippen LogP contribution in [0.1, 0.15) is 57.9 Å². The van der Waals surface area contributed by atoms with E-state index < -0.39 is 0 Å². The minimum absolute atomic E-state index is 0.0934. The van der Waals surface area contributed by atoms with E-state index in [9.17, 15) is 9.59 Å². The van der Waals surface area contributed by atoms with Gasteiger partial charge in [0.1, 0.15) is 0 Å². The summed E-state index contributed by atoms with van der Waals surface area (Å²) in [6.45, 7) is 3.39. The van der Waals surface area contributed by atoms with Gasteiger partial charge in [-0.1, -0.05) is 12.1 Å². The molecule has 0 bridgehead atoms. The van der Waals surface area contributed by atoms with Crippen molar-refractivity contribution in [2.24, 2.45) is 0 Å². The fourth-order valence-electron chi connectivity index (χ4n) is 4.30. The minimum atomic E-state index is -0.140. The third-order valence-corrected chi connectivity index (χ3v) is 5.51. The molecule has 4 nitrogen and oxygen atoms in total. The van der Waals surface area contributed by atoms with Crippen LogP contribution >= 0.6 is 0 Å². The molecule has 2 N–H and O–H groups in total. The first-order chi connectivity index (χ1) is 12.5. The number of anilines is 2. The summed E-state index contributed by atoms with van der Waals surface area (Å²) in [5, 5.41) is 5.98. The van der Waals surface area contributed by atoms with Crippen molar-refractivity contribution in [3.05, 3.63) is 57.6 Å². The van der Waals surface area contributed by atoms with Crippen LogP contribution < -0.4 is 10.6 Å². The topological polar surface area (TPSA) is 58.2 Å². The molecule has 4 heteroatoms. The van der Waals surface area contributed by atoms with Crippen molar-refractivity contribution < 1.29 is 9.59 Å². The van der Waals surface area contributed by atoms with Crippen molar-refractivity contribution in [2.75, 3.05) is 10.6 Å². The highest BCUT2D eigenvalue weighted by molar-refractivity contribution is 6.07. The lowest BCUT2D eigenvalue weighted by Crippen LogP contribution is -2.17. The Bertz CT molecular complexity index is 883. The number of nitrogens with one attached hydrogen (secondary N) is 2. The molecule has 0 spiro atoms. The second-order valence-electron chi connectivity index (χ2n) is 7.40. The zero-order chi connectivity index (χ0) is 18.3. The smallest absolute Gasteiger partial charge is 0.256 e. The molecule has 4 rings (SSSR count). The lowest BCUT2D eigenvalue weighted by atomic mass is 9.98. The van der Waals surface area contributed by atoms with Gasteiger partial charge in [0.15, 0.2) is 0 Å². The monoisotopic (exact) mass is 348 g/mol. The van der Waals surface area contributed by atoms with Crippen molar-refractivity contribution >= 4 is 23.2 Å². The second kappa shape index (κ2) is 6.60. The van der Waals surface area contributed by atoms with Gasteiger partial charge < -0.3 is 10.6 Å². The van der Waals surface area contributed by atoms with Gasteiger partial charge in [0, 0.05) is 23.9 Å². The summed E-state index contributed by atoms with van der Waals surface area (Å²) in [7, 11) is 0. The number of fused-ring (bicyclic) bond motifs is 2. The van der Waals surface area contributed by atoms with E-state index in [2.05, 4.69) is 16.7 Å². The van der Waals surface area contributed by atoms with Gasteiger partial charge in [0.2, 0.25) is 5.91 Å². The van der Waals surface area contributed by atoms with Gasteiger partial charge in [-0.2, -0.15) is 0 Å². The molecule has 0 unspecified atom stereocenters. The normalized spacial score (nSPS) is 14.7. The SMILES string of the molecule is CC(=O)Nc1ccc(C)c(C(=O)Nc2c3c(cc4c2CCC4)CCC3)c1. The third-order valence-electron chi connectivity index (χ3n) is 5.51. The lowest BCUT2D eigenvalue weighted by Gasteiger charge is -2.17. The Morgan fingerprint density at radius 3 is 2.15 bits per heavy atom. The maximum atomic E-state index is 13.0. The average molecular weight is 348 g/mol. The highest BCUT2D eigenvalue weighted by Gasteiger charge is 2.25. The zero-order valence-electron chi connectivity index (χ0n) is 15.4. The number of amides is 2. The molecular weight excluding hydrogens is 324 g/mol. The largest absolute Gasteiger partial charge is 0.326 e. The zero-order valence-corrected chi connectivity index (χ0v) is 15.4. The molecule has 0 atom stereocenters. The van der Waals surface area contributed by atoms with Crippen molar-refractivity contribution in [1.29, 1.82) is 0 Å². The van der Waals surface area contributed by atoms with Crippen LogP contribution in [0.25, 0.3) is 0 Å². The Labute approximate surface area is 154 Å². The van der Waals surface area contributed by atoms with E-state index in [4.69, 9.17) is 0 Å². The number of benzene rings is 2. The number of carbonyl (C=O) groups excluding carboxylic acids is 2. The molecule has 0 saturated heterocycles. The molecule has 0 fully saturated rings. The second-order valence-corrected chi connectivity index (χ2v) is 7.40. The summed E-state index contributed by atoms with van der Waals surface area (Å²) in [6.07, 6.45) is 6.65. The van der Waals surface area contributed by atoms with Crippen LogP contribution in [0.4, 0.5) is 11.4 Å². The molecule has 2 amide bonds. The number of hydrogen-bond acceptors (Lipinski definition) is 2. The molecule has 2 aliphatic carbocycles. The Hall–Kier alpha value is -2.62. The van der Waals surface area contributed by atoms with Crippen LogP contribution in [0, 0.1) is 6.92 Å². The molecule has 0 heterocycles. The van der Waals surface area contributed by atoms with Crippen molar-refractivity contribution in [2.45, 2.75) is 52.4 Å². The van der Waals surface area contributed by atoms with Gasteiger partial charge in [0.25, 0.3) is 5.91 Å². The summed E-state index contributed by atoms with van der Waals surface area (Å²) >= 11 is 0. The fourth-order valence-corrected chi connectivity index (χ4v) is 4.30. The fraction of sp³-hybridized carbons (Fsp3) is 0.364. The number of rotatable bonds is 3. The summed E-state index contributed by atoms with van der Waals surface area (Å²) in [6, 6.07) is 7.82. The average Bonchev–Trinajstić information content (AvgIpc) is 3.24. The van der Waals surface area contributed by atoms with Gasteiger partial charge in [0.05, 0.1) is 0 Å². The molecule has 2 aliphatic rings. The highest BCUT2D eigenvalue weighted by atomic mass is 16.2. The first kappa shape index (κ1) is 16.8. The van der Waals surface area contributed by atoms with Gasteiger partial charge in [-0.3, -0.25) is 9.59 Å². The van der Waals surface area contributed by atoms with Gasteiger partial charge in [-0.15, -0.1) is 0 Å². The van der Waals surface area contributed by atoms with Crippen molar-refractivity contribution in [1.82, 2.24) is 0 Å². The predicted octanol–water partition coefficient (Wildman–Crippen LogP) is 4.18. The van der Waals surface area contributed by atoms with Crippen LogP contribution in [0.2, 0.25) is 0 Å². The maximum absolute atomic E-state index is 13.0. The van der Waals surface area contributed by atoms with Gasteiger partial charge in [-0.25, -0.2) is 0 Å². The Kier molecular flexibility index (Phi) is 4.27. The van der Waals surface area contributed by atoms with Crippen LogP contribution in [0.5, 0.6) is 0 Å². The Morgan fingerprint density at radius 2 is 1.54 bits per heavy atom. The third kappa shape index (κ3) is 3.00. The quantitative estimate of drug-likeness (QED) is 0.874. The minimum Gasteiger partial charge on any atom is -0.326 e. The molecule has 0 radical (unpaired) electrons. The lowest BCUT2D eigenvalue weighted by molar-refractivity contribution is -0.114. The van der Waals surface area contributed by atoms with Gasteiger partial charge >= 0.3 is 0 Å². The maximum Gasteiger partial charge on any atom is 0.256 e. The molecule has 0 aliphatic heterocycles. The molecule has 0 saturated carbocycles. The summed E-state index contributed by atoms with van der Waals surface area (Å²) < 4.78 is 0. The van der Waals surface area contributed by atoms with E-state index in [1.807, 2.05) is 19.1 Å². The van der Waals surface area contributed by atoms with Crippen LogP contribution in [0.15, 0.2) is 24.3 Å². The highest BCUT2D eigenvalue weighted by Crippen LogP contribution is 2.38. The predicted molar refractivity (Wildman–Crippen MR) is 104 cm³/mol. The van der Waals surface area contributed by atoms with Crippen molar-refractivity contribution in [3.8, 4) is 0 Å². The van der Waals surface area contributed by atoms with Gasteiger partial charge in [-0.05, 0) is 85.4 Å². The van der Waals surface area contributed by atoms with E-state index in [0.29, 0.717) is 11.3 Å². The summed E-state index contributed by atoms with van der Waals surface area (Å²) in [4.78, 5) is 24.4. The van der Waals surface area contributed by atoms with Crippen LogP contribution in [-0.2, 0) is 30.5 Å². The first-order valence-electron chi connectivity index (χ1n) is 9.39. The van der Waals surface area contributed by atoms with E-state index in [-0.39, 0.29) is 11.8 Å². The van der Waals surface area contributed by atoms with Crippen LogP contribution in [-0.4, -0.2) is 11.8 Å². The van der Waals surface area contributed by atoms with E-state index in [1.165, 1.54) is 29.2 Å². The first-order valence-corrected chi connectivity index (χ1v) is 9.39. The number of aryl methyl sites for hydroxylation is 3. The van der Waals surface area contributed by atoms with Crippen molar-refractivity contribution in [3.63, 3.8) is 0 Å². The molecular formula is C22H24N2O2. The van der Waals surface area contributed by atoms with E-state index in [0.717, 1.165) is 49.8 Å². The number of carbonyl (C=O) groups is 2. The standard InChI is InChI=1S/C22H24N2O2/c1-13-9-10-17(23-14(2)25)12-20(13)22(26)24-21-18-7-3-5-15(18)11-16-6-4-8-19(16)21/h9-12H,3-8H2,1-2H3,(H,23,25)(H,24,26). The molecule has 26 heavy (non-hydrogen) atoms. The molecule has 2 aromatic rings. The Morgan fingerprint density at radius 1 is 0.885 bits per heavy atom. The summed E-state index contributed by atoms with van der Waals surface area (Å²) in [5.41, 5.74) is 8.69. The molecule has 0 aromatic heterocycles. The molecule has 134 valence electrons. The summed E-state index contributed by atoms with van der Waals surface area (Å²) in [5.74, 6) is -0.233. The van der Waals surface area contributed by atoms with E-state index >= 15 is 0 Å².